The largest absolute Gasteiger partial charge is 0.382 e. The normalized spacial score (nSPS) is 18.2. The SMILES string of the molecule is N#CB1CCC(Nc2cnc3nc(Cl)cc(Cl)c3c2)C1. The number of pyridine rings is 2. The Kier molecular flexibility index (Phi) is 3.69. The number of fused-ring (bicyclic) bond motifs is 1. The van der Waals surface area contributed by atoms with Crippen LogP contribution in [0.15, 0.2) is 18.3 Å². The molecule has 7 heteroatoms. The molecule has 1 N–H and O–H groups in total. The Morgan fingerprint density at radius 2 is 2.25 bits per heavy atom. The van der Waals surface area contributed by atoms with Crippen LogP contribution in [0.25, 0.3) is 11.0 Å². The van der Waals surface area contributed by atoms with Crippen LogP contribution in [0.2, 0.25) is 22.8 Å². The molecule has 0 bridgehead atoms. The topological polar surface area (TPSA) is 61.6 Å². The first kappa shape index (κ1) is 13.5. The first-order chi connectivity index (χ1) is 9.65. The molecule has 1 atom stereocenters. The minimum atomic E-state index is 0.157. The van der Waals surface area contributed by atoms with Crippen LogP contribution in [-0.2, 0) is 0 Å². The van der Waals surface area contributed by atoms with E-state index in [-0.39, 0.29) is 6.71 Å². The lowest BCUT2D eigenvalue weighted by molar-refractivity contribution is 0.801. The molecule has 4 nitrogen and oxygen atoms in total. The number of nitriles is 1. The van der Waals surface area contributed by atoms with Crippen molar-refractivity contribution in [3.05, 3.63) is 28.5 Å². The number of anilines is 1. The Balaban J connectivity index is 1.85. The molecule has 0 saturated carbocycles. The van der Waals surface area contributed by atoms with Gasteiger partial charge in [-0.15, -0.1) is 0 Å². The van der Waals surface area contributed by atoms with Gasteiger partial charge in [0.05, 0.1) is 16.9 Å². The first-order valence-electron chi connectivity index (χ1n) is 6.43. The highest BCUT2D eigenvalue weighted by molar-refractivity contribution is 6.67. The van der Waals surface area contributed by atoms with Crippen molar-refractivity contribution < 1.29 is 0 Å². The zero-order valence-corrected chi connectivity index (χ0v) is 12.1. The van der Waals surface area contributed by atoms with Crippen LogP contribution < -0.4 is 5.32 Å². The maximum absolute atomic E-state index is 8.93. The number of hydrogen-bond acceptors (Lipinski definition) is 4. The van der Waals surface area contributed by atoms with Gasteiger partial charge >= 0.3 is 0 Å². The average Bonchev–Trinajstić information content (AvgIpc) is 2.87. The molecule has 1 aliphatic heterocycles. The van der Waals surface area contributed by atoms with E-state index in [0.29, 0.717) is 21.9 Å². The van der Waals surface area contributed by atoms with Crippen molar-refractivity contribution in [2.24, 2.45) is 0 Å². The number of aromatic nitrogens is 2. The fraction of sp³-hybridized carbons (Fsp3) is 0.308. The molecule has 0 aromatic carbocycles. The predicted octanol–water partition coefficient (Wildman–Crippen LogP) is 3.68. The van der Waals surface area contributed by atoms with E-state index >= 15 is 0 Å². The fourth-order valence-electron chi connectivity index (χ4n) is 2.58. The van der Waals surface area contributed by atoms with Crippen molar-refractivity contribution in [3.63, 3.8) is 0 Å². The van der Waals surface area contributed by atoms with Crippen molar-refractivity contribution in [2.75, 3.05) is 5.32 Å². The van der Waals surface area contributed by atoms with E-state index in [1.807, 2.05) is 6.07 Å². The summed E-state index contributed by atoms with van der Waals surface area (Å²) in [7, 11) is 0. The highest BCUT2D eigenvalue weighted by atomic mass is 35.5. The van der Waals surface area contributed by atoms with Crippen molar-refractivity contribution in [3.8, 4) is 5.97 Å². The van der Waals surface area contributed by atoms with Gasteiger partial charge in [-0.2, -0.15) is 0 Å². The van der Waals surface area contributed by atoms with Crippen LogP contribution in [0.1, 0.15) is 6.42 Å². The Labute approximate surface area is 127 Å². The van der Waals surface area contributed by atoms with Crippen molar-refractivity contribution in [2.45, 2.75) is 25.1 Å². The molecule has 1 aliphatic rings. The average molecular weight is 305 g/mol. The third-order valence-corrected chi connectivity index (χ3v) is 4.07. The van der Waals surface area contributed by atoms with Crippen LogP contribution in [0.5, 0.6) is 0 Å². The second kappa shape index (κ2) is 5.47. The van der Waals surface area contributed by atoms with Gasteiger partial charge < -0.3 is 5.32 Å². The standard InChI is InChI=1S/C13H11BCl2N4/c15-11-4-12(16)20-13-10(11)3-9(6-18-13)19-8-1-2-14(5-8)7-17/h3-4,6,8,19H,1-2,5H2. The minimum absolute atomic E-state index is 0.157. The first-order valence-corrected chi connectivity index (χ1v) is 7.19. The van der Waals surface area contributed by atoms with Gasteiger partial charge in [-0.1, -0.05) is 29.5 Å². The maximum Gasteiger partial charge on any atom is 0.269 e. The molecule has 2 aromatic heterocycles. The molecule has 0 aliphatic carbocycles. The summed E-state index contributed by atoms with van der Waals surface area (Å²) in [5, 5.41) is 14.0. The van der Waals surface area contributed by atoms with Crippen LogP contribution in [0.4, 0.5) is 5.69 Å². The van der Waals surface area contributed by atoms with Gasteiger partial charge in [-0.3, -0.25) is 0 Å². The van der Waals surface area contributed by atoms with E-state index < -0.39 is 0 Å². The van der Waals surface area contributed by atoms with Gasteiger partial charge in [-0.25, -0.2) is 15.2 Å². The molecule has 0 spiro atoms. The summed E-state index contributed by atoms with van der Waals surface area (Å²) in [4.78, 5) is 8.41. The molecule has 0 radical (unpaired) electrons. The zero-order chi connectivity index (χ0) is 14.1. The Morgan fingerprint density at radius 1 is 1.40 bits per heavy atom. The molecule has 20 heavy (non-hydrogen) atoms. The van der Waals surface area contributed by atoms with Crippen LogP contribution in [0, 0.1) is 11.2 Å². The third-order valence-electron chi connectivity index (χ3n) is 3.57. The highest BCUT2D eigenvalue weighted by Gasteiger charge is 2.28. The van der Waals surface area contributed by atoms with E-state index in [4.69, 9.17) is 28.5 Å². The lowest BCUT2D eigenvalue weighted by atomic mass is 9.50. The monoisotopic (exact) mass is 304 g/mol. The van der Waals surface area contributed by atoms with Crippen LogP contribution in [-0.4, -0.2) is 22.7 Å². The van der Waals surface area contributed by atoms with Gasteiger partial charge in [0.2, 0.25) is 0 Å². The van der Waals surface area contributed by atoms with Crippen molar-refractivity contribution in [1.82, 2.24) is 9.97 Å². The van der Waals surface area contributed by atoms with Gasteiger partial charge in [0.15, 0.2) is 5.65 Å². The zero-order valence-electron chi connectivity index (χ0n) is 10.6. The lowest BCUT2D eigenvalue weighted by Gasteiger charge is -2.14. The Morgan fingerprint density at radius 3 is 3.00 bits per heavy atom. The number of nitrogens with zero attached hydrogens (tertiary/aromatic N) is 3. The molecule has 3 heterocycles. The summed E-state index contributed by atoms with van der Waals surface area (Å²) in [6.45, 7) is 0.157. The van der Waals surface area contributed by atoms with Crippen molar-refractivity contribution >= 4 is 46.6 Å². The molecular formula is C13H11BCl2N4. The summed E-state index contributed by atoms with van der Waals surface area (Å²) in [5.74, 6) is 2.32. The lowest BCUT2D eigenvalue weighted by Crippen LogP contribution is -2.16. The Hall–Kier alpha value is -1.51. The number of halogens is 2. The van der Waals surface area contributed by atoms with Crippen molar-refractivity contribution in [1.29, 1.82) is 5.26 Å². The highest BCUT2D eigenvalue weighted by Crippen LogP contribution is 2.28. The van der Waals surface area contributed by atoms with E-state index in [9.17, 15) is 0 Å². The summed E-state index contributed by atoms with van der Waals surface area (Å²) in [6.07, 6.45) is 4.55. The molecule has 1 unspecified atom stereocenters. The smallest absolute Gasteiger partial charge is 0.269 e. The molecule has 0 amide bonds. The second-order valence-corrected chi connectivity index (χ2v) is 5.80. The number of nitrogens with one attached hydrogen (secondary N) is 1. The fourth-order valence-corrected chi connectivity index (χ4v) is 3.07. The molecule has 2 aromatic rings. The summed E-state index contributed by atoms with van der Waals surface area (Å²) >= 11 is 12.0. The van der Waals surface area contributed by atoms with E-state index in [0.717, 1.165) is 30.1 Å². The molecule has 1 fully saturated rings. The van der Waals surface area contributed by atoms with Gasteiger partial charge in [-0.05, 0) is 24.9 Å². The molecule has 100 valence electrons. The van der Waals surface area contributed by atoms with Gasteiger partial charge in [0.1, 0.15) is 5.15 Å². The van der Waals surface area contributed by atoms with E-state index in [2.05, 4.69) is 21.3 Å². The quantitative estimate of drug-likeness (QED) is 0.679. The third kappa shape index (κ3) is 2.67. The second-order valence-electron chi connectivity index (χ2n) is 5.00. The summed E-state index contributed by atoms with van der Waals surface area (Å²) in [6, 6.07) is 3.85. The predicted molar refractivity (Wildman–Crippen MR) is 82.6 cm³/mol. The van der Waals surface area contributed by atoms with E-state index in [1.54, 1.807) is 12.3 Å². The number of hydrogen-bond donors (Lipinski definition) is 1. The summed E-state index contributed by atoms with van der Waals surface area (Å²) < 4.78 is 0. The number of rotatable bonds is 2. The molecule has 3 rings (SSSR count). The van der Waals surface area contributed by atoms with Gasteiger partial charge in [0.25, 0.3) is 6.71 Å². The maximum atomic E-state index is 8.93. The molecule has 1 saturated heterocycles. The Bertz CT molecular complexity index is 701. The minimum Gasteiger partial charge on any atom is -0.382 e. The summed E-state index contributed by atoms with van der Waals surface area (Å²) in [5.41, 5.74) is 1.43. The molecular weight excluding hydrogens is 294 g/mol. The van der Waals surface area contributed by atoms with Gasteiger partial charge in [0, 0.05) is 17.4 Å². The van der Waals surface area contributed by atoms with Crippen LogP contribution in [0.3, 0.4) is 0 Å². The van der Waals surface area contributed by atoms with E-state index in [1.165, 1.54) is 0 Å². The van der Waals surface area contributed by atoms with Crippen LogP contribution >= 0.6 is 23.2 Å².